The second-order valence-electron chi connectivity index (χ2n) is 4.10. The Hall–Kier alpha value is -0.750. The molecule has 1 amide bonds. The summed E-state index contributed by atoms with van der Waals surface area (Å²) in [5.41, 5.74) is 0. The highest BCUT2D eigenvalue weighted by atomic mass is 32.2. The first kappa shape index (κ1) is 14.3. The number of hydrogen-bond acceptors (Lipinski definition) is 4. The molecule has 1 aliphatic rings. The molecule has 1 aliphatic heterocycles. The van der Waals surface area contributed by atoms with Gasteiger partial charge in [0.15, 0.2) is 0 Å². The number of unbranched alkanes of at least 4 members (excludes halogenated alkanes) is 1. The maximum absolute atomic E-state index is 11.6. The fourth-order valence-corrected chi connectivity index (χ4v) is 2.81. The van der Waals surface area contributed by atoms with E-state index in [1.165, 1.54) is 0 Å². The van der Waals surface area contributed by atoms with Gasteiger partial charge in [-0.25, -0.2) is 0 Å². The standard InChI is InChI=1S/C11H20N2O3S/c1-2-3-4-12-10(14)7-13-5-6-17-8-9(13)11(15)16/h9H,2-8H2,1H3,(H,12,14)(H,15,16). The molecular formula is C11H20N2O3S. The highest BCUT2D eigenvalue weighted by Crippen LogP contribution is 2.16. The molecule has 1 atom stereocenters. The summed E-state index contributed by atoms with van der Waals surface area (Å²) in [6.07, 6.45) is 2.00. The SMILES string of the molecule is CCCCNC(=O)CN1CCSCC1C(=O)O. The van der Waals surface area contributed by atoms with Gasteiger partial charge in [-0.15, -0.1) is 0 Å². The monoisotopic (exact) mass is 260 g/mol. The Morgan fingerprint density at radius 3 is 2.94 bits per heavy atom. The van der Waals surface area contributed by atoms with E-state index in [0.29, 0.717) is 18.8 Å². The fraction of sp³-hybridized carbons (Fsp3) is 0.818. The molecule has 1 fully saturated rings. The van der Waals surface area contributed by atoms with Crippen molar-refractivity contribution in [3.05, 3.63) is 0 Å². The van der Waals surface area contributed by atoms with Crippen molar-refractivity contribution in [1.82, 2.24) is 10.2 Å². The van der Waals surface area contributed by atoms with Crippen molar-refractivity contribution in [2.75, 3.05) is 31.1 Å². The fourth-order valence-electron chi connectivity index (χ4n) is 1.70. The molecule has 1 rings (SSSR count). The summed E-state index contributed by atoms with van der Waals surface area (Å²) >= 11 is 1.63. The van der Waals surface area contributed by atoms with E-state index < -0.39 is 12.0 Å². The lowest BCUT2D eigenvalue weighted by Gasteiger charge is -2.31. The number of carboxylic acids is 1. The van der Waals surface area contributed by atoms with E-state index >= 15 is 0 Å². The van der Waals surface area contributed by atoms with E-state index in [9.17, 15) is 9.59 Å². The van der Waals surface area contributed by atoms with Crippen molar-refractivity contribution in [2.24, 2.45) is 0 Å². The van der Waals surface area contributed by atoms with Gasteiger partial charge in [-0.05, 0) is 6.42 Å². The molecule has 0 saturated carbocycles. The molecule has 98 valence electrons. The zero-order valence-corrected chi connectivity index (χ0v) is 11.0. The number of rotatable bonds is 6. The van der Waals surface area contributed by atoms with Crippen molar-refractivity contribution < 1.29 is 14.7 Å². The molecule has 0 bridgehead atoms. The van der Waals surface area contributed by atoms with Gasteiger partial charge >= 0.3 is 5.97 Å². The predicted molar refractivity (Wildman–Crippen MR) is 68.2 cm³/mol. The number of carbonyl (C=O) groups is 2. The van der Waals surface area contributed by atoms with Crippen molar-refractivity contribution in [2.45, 2.75) is 25.8 Å². The van der Waals surface area contributed by atoms with Crippen LogP contribution in [0.4, 0.5) is 0 Å². The van der Waals surface area contributed by atoms with Crippen molar-refractivity contribution in [3.63, 3.8) is 0 Å². The summed E-state index contributed by atoms with van der Waals surface area (Å²) in [5, 5.41) is 11.9. The van der Waals surface area contributed by atoms with Gasteiger partial charge in [0, 0.05) is 24.6 Å². The van der Waals surface area contributed by atoms with Gasteiger partial charge in [0.25, 0.3) is 0 Å². The Bertz CT molecular complexity index is 273. The highest BCUT2D eigenvalue weighted by molar-refractivity contribution is 7.99. The number of carbonyl (C=O) groups excluding carboxylic acids is 1. The number of thioether (sulfide) groups is 1. The van der Waals surface area contributed by atoms with Gasteiger partial charge < -0.3 is 10.4 Å². The summed E-state index contributed by atoms with van der Waals surface area (Å²) in [7, 11) is 0. The van der Waals surface area contributed by atoms with Crippen LogP contribution >= 0.6 is 11.8 Å². The first-order valence-electron chi connectivity index (χ1n) is 5.96. The summed E-state index contributed by atoms with van der Waals surface area (Å²) in [6, 6.07) is -0.523. The number of nitrogens with one attached hydrogen (secondary N) is 1. The minimum Gasteiger partial charge on any atom is -0.480 e. The van der Waals surface area contributed by atoms with Crippen LogP contribution < -0.4 is 5.32 Å². The maximum atomic E-state index is 11.6. The number of carboxylic acid groups (broad SMARTS) is 1. The van der Waals surface area contributed by atoms with Crippen molar-refractivity contribution in [3.8, 4) is 0 Å². The molecule has 0 aromatic rings. The molecular weight excluding hydrogens is 240 g/mol. The summed E-state index contributed by atoms with van der Waals surface area (Å²) in [5.74, 6) is 0.555. The van der Waals surface area contributed by atoms with Crippen LogP contribution in [-0.2, 0) is 9.59 Å². The molecule has 0 aliphatic carbocycles. The second kappa shape index (κ2) is 7.55. The van der Waals surface area contributed by atoms with Gasteiger partial charge in [0.1, 0.15) is 6.04 Å². The van der Waals surface area contributed by atoms with Gasteiger partial charge in [-0.3, -0.25) is 14.5 Å². The quantitative estimate of drug-likeness (QED) is 0.677. The number of nitrogens with zero attached hydrogens (tertiary/aromatic N) is 1. The Morgan fingerprint density at radius 1 is 1.53 bits per heavy atom. The van der Waals surface area contributed by atoms with E-state index in [1.807, 2.05) is 0 Å². The highest BCUT2D eigenvalue weighted by Gasteiger charge is 2.29. The minimum absolute atomic E-state index is 0.0726. The van der Waals surface area contributed by atoms with E-state index in [1.54, 1.807) is 16.7 Å². The van der Waals surface area contributed by atoms with Crippen molar-refractivity contribution in [1.29, 1.82) is 0 Å². The largest absolute Gasteiger partial charge is 0.480 e. The van der Waals surface area contributed by atoms with E-state index in [2.05, 4.69) is 12.2 Å². The molecule has 17 heavy (non-hydrogen) atoms. The van der Waals surface area contributed by atoms with Crippen molar-refractivity contribution >= 4 is 23.6 Å². The van der Waals surface area contributed by atoms with E-state index in [4.69, 9.17) is 5.11 Å². The molecule has 5 nitrogen and oxygen atoms in total. The molecule has 0 aromatic carbocycles. The lowest BCUT2D eigenvalue weighted by molar-refractivity contribution is -0.143. The molecule has 1 saturated heterocycles. The second-order valence-corrected chi connectivity index (χ2v) is 5.25. The third kappa shape index (κ3) is 4.95. The molecule has 0 radical (unpaired) electrons. The zero-order valence-electron chi connectivity index (χ0n) is 10.1. The van der Waals surface area contributed by atoms with E-state index in [0.717, 1.165) is 18.6 Å². The van der Waals surface area contributed by atoms with Crippen LogP contribution in [0.2, 0.25) is 0 Å². The maximum Gasteiger partial charge on any atom is 0.321 e. The molecule has 2 N–H and O–H groups in total. The number of aliphatic carboxylic acids is 1. The lowest BCUT2D eigenvalue weighted by Crippen LogP contribution is -2.51. The first-order chi connectivity index (χ1) is 8.15. The Balaban J connectivity index is 2.36. The summed E-state index contributed by atoms with van der Waals surface area (Å²) in [4.78, 5) is 24.4. The van der Waals surface area contributed by atoms with Crippen LogP contribution in [0.25, 0.3) is 0 Å². The molecule has 0 aromatic heterocycles. The third-order valence-electron chi connectivity index (χ3n) is 2.72. The smallest absolute Gasteiger partial charge is 0.321 e. The third-order valence-corrected chi connectivity index (χ3v) is 3.75. The van der Waals surface area contributed by atoms with Crippen LogP contribution in [0.5, 0.6) is 0 Å². The van der Waals surface area contributed by atoms with Crippen LogP contribution in [0.1, 0.15) is 19.8 Å². The van der Waals surface area contributed by atoms with Gasteiger partial charge in [0.2, 0.25) is 5.91 Å². The topological polar surface area (TPSA) is 69.6 Å². The van der Waals surface area contributed by atoms with Crippen LogP contribution in [0, 0.1) is 0 Å². The predicted octanol–water partition coefficient (Wildman–Crippen LogP) is 0.405. The molecule has 6 heteroatoms. The van der Waals surface area contributed by atoms with Crippen LogP contribution in [0.3, 0.4) is 0 Å². The Labute approximate surface area is 106 Å². The average Bonchev–Trinajstić information content (AvgIpc) is 2.29. The summed E-state index contributed by atoms with van der Waals surface area (Å²) < 4.78 is 0. The summed E-state index contributed by atoms with van der Waals surface area (Å²) in [6.45, 7) is 3.61. The molecule has 1 heterocycles. The normalized spacial score (nSPS) is 21.1. The van der Waals surface area contributed by atoms with Gasteiger partial charge in [-0.2, -0.15) is 11.8 Å². The van der Waals surface area contributed by atoms with Crippen LogP contribution in [0.15, 0.2) is 0 Å². The first-order valence-corrected chi connectivity index (χ1v) is 7.12. The Morgan fingerprint density at radius 2 is 2.29 bits per heavy atom. The van der Waals surface area contributed by atoms with Gasteiger partial charge in [-0.1, -0.05) is 13.3 Å². The molecule has 1 unspecified atom stereocenters. The van der Waals surface area contributed by atoms with Crippen LogP contribution in [-0.4, -0.2) is 59.1 Å². The zero-order chi connectivity index (χ0) is 12.7. The molecule has 0 spiro atoms. The lowest BCUT2D eigenvalue weighted by atomic mass is 10.2. The minimum atomic E-state index is -0.835. The van der Waals surface area contributed by atoms with E-state index in [-0.39, 0.29) is 12.5 Å². The Kier molecular flexibility index (Phi) is 6.36. The average molecular weight is 260 g/mol. The number of amides is 1. The van der Waals surface area contributed by atoms with Gasteiger partial charge in [0.05, 0.1) is 6.54 Å². The number of hydrogen-bond donors (Lipinski definition) is 2.